The predicted octanol–water partition coefficient (Wildman–Crippen LogP) is 4.05. The number of hydrogen-bond acceptors (Lipinski definition) is 6. The summed E-state index contributed by atoms with van der Waals surface area (Å²) in [6.07, 6.45) is 4.60. The van der Waals surface area contributed by atoms with Gasteiger partial charge in [-0.25, -0.2) is 9.97 Å². The number of hydrogen-bond donors (Lipinski definition) is 0. The Bertz CT molecular complexity index is 1400. The van der Waals surface area contributed by atoms with Gasteiger partial charge in [0.25, 0.3) is 5.91 Å². The number of piperidine rings is 1. The molecule has 1 amide bonds. The molecule has 0 saturated carbocycles. The summed E-state index contributed by atoms with van der Waals surface area (Å²) in [6, 6.07) is 16.0. The molecular weight excluding hydrogens is 424 g/mol. The molecule has 0 spiro atoms. The van der Waals surface area contributed by atoms with Gasteiger partial charge >= 0.3 is 0 Å². The number of rotatable bonds is 3. The number of para-hydroxylation sites is 2. The zero-order valence-electron chi connectivity index (χ0n) is 19.3. The van der Waals surface area contributed by atoms with Gasteiger partial charge in [0, 0.05) is 43.0 Å². The van der Waals surface area contributed by atoms with Gasteiger partial charge in [-0.3, -0.25) is 14.8 Å². The van der Waals surface area contributed by atoms with E-state index in [-0.39, 0.29) is 11.9 Å². The van der Waals surface area contributed by atoms with E-state index in [2.05, 4.69) is 19.9 Å². The zero-order valence-corrected chi connectivity index (χ0v) is 19.3. The summed E-state index contributed by atoms with van der Waals surface area (Å²) < 4.78 is 0. The van der Waals surface area contributed by atoms with Crippen LogP contribution in [0.4, 0.5) is 5.82 Å². The fraction of sp³-hybridized carbons (Fsp3) is 0.296. The lowest BCUT2D eigenvalue weighted by Gasteiger charge is -2.53. The van der Waals surface area contributed by atoms with Crippen molar-refractivity contribution < 1.29 is 4.79 Å². The molecule has 2 saturated heterocycles. The van der Waals surface area contributed by atoms with Crippen LogP contribution in [-0.4, -0.2) is 56.4 Å². The third kappa shape index (κ3) is 3.48. The molecule has 2 fully saturated rings. The average molecular weight is 451 g/mol. The molecule has 2 aliphatic rings. The highest BCUT2D eigenvalue weighted by Crippen LogP contribution is 2.36. The van der Waals surface area contributed by atoms with Crippen LogP contribution in [0, 0.1) is 19.8 Å². The van der Waals surface area contributed by atoms with Gasteiger partial charge in [0.1, 0.15) is 11.5 Å². The largest absolute Gasteiger partial charge is 0.350 e. The summed E-state index contributed by atoms with van der Waals surface area (Å²) in [5.74, 6) is 1.42. The first-order chi connectivity index (χ1) is 16.6. The second kappa shape index (κ2) is 8.17. The maximum atomic E-state index is 13.7. The van der Waals surface area contributed by atoms with Crippen LogP contribution in [0.2, 0.25) is 0 Å². The van der Waals surface area contributed by atoms with Crippen LogP contribution < -0.4 is 4.90 Å². The lowest BCUT2D eigenvalue weighted by molar-refractivity contribution is 0.0586. The van der Waals surface area contributed by atoms with Crippen molar-refractivity contribution >= 4 is 22.8 Å². The van der Waals surface area contributed by atoms with Gasteiger partial charge in [-0.15, -0.1) is 0 Å². The van der Waals surface area contributed by atoms with E-state index in [1.54, 1.807) is 6.20 Å². The Kier molecular flexibility index (Phi) is 4.98. The SMILES string of the molecule is Cc1ccc(-c2ncccc2C)c(C(=O)N2CCC3CN(c4cnc5ccccc5n4)C3C2)n1. The Balaban J connectivity index is 1.28. The highest BCUT2D eigenvalue weighted by Gasteiger charge is 2.44. The molecule has 1 aromatic carbocycles. The minimum Gasteiger partial charge on any atom is -0.350 e. The first-order valence-electron chi connectivity index (χ1n) is 11.8. The second-order valence-electron chi connectivity index (χ2n) is 9.25. The summed E-state index contributed by atoms with van der Waals surface area (Å²) in [5.41, 5.74) is 5.73. The normalized spacial score (nSPS) is 19.6. The molecule has 7 nitrogen and oxygen atoms in total. The fourth-order valence-electron chi connectivity index (χ4n) is 5.16. The molecule has 5 heterocycles. The number of carbonyl (C=O) groups is 1. The van der Waals surface area contributed by atoms with E-state index in [1.807, 2.05) is 73.5 Å². The van der Waals surface area contributed by atoms with Crippen molar-refractivity contribution in [2.75, 3.05) is 24.5 Å². The summed E-state index contributed by atoms with van der Waals surface area (Å²) in [7, 11) is 0. The number of aryl methyl sites for hydroxylation is 2. The van der Waals surface area contributed by atoms with Gasteiger partial charge in [-0.2, -0.15) is 0 Å². The minimum atomic E-state index is -0.0290. The van der Waals surface area contributed by atoms with Crippen LogP contribution in [0.1, 0.15) is 28.2 Å². The molecule has 0 radical (unpaired) electrons. The maximum absolute atomic E-state index is 13.7. The monoisotopic (exact) mass is 450 g/mol. The van der Waals surface area contributed by atoms with Crippen LogP contribution >= 0.6 is 0 Å². The third-order valence-electron chi connectivity index (χ3n) is 7.07. The third-order valence-corrected chi connectivity index (χ3v) is 7.07. The van der Waals surface area contributed by atoms with E-state index in [0.717, 1.165) is 58.9 Å². The van der Waals surface area contributed by atoms with Crippen LogP contribution in [0.5, 0.6) is 0 Å². The summed E-state index contributed by atoms with van der Waals surface area (Å²) >= 11 is 0. The lowest BCUT2D eigenvalue weighted by atomic mass is 9.82. The number of anilines is 1. The number of likely N-dealkylation sites (tertiary alicyclic amines) is 1. The van der Waals surface area contributed by atoms with Gasteiger partial charge in [-0.05, 0) is 56.2 Å². The van der Waals surface area contributed by atoms with Crippen LogP contribution in [-0.2, 0) is 0 Å². The lowest BCUT2D eigenvalue weighted by Crippen LogP contribution is -2.65. The molecule has 0 aliphatic carbocycles. The van der Waals surface area contributed by atoms with Crippen molar-refractivity contribution in [3.8, 4) is 11.3 Å². The highest BCUT2D eigenvalue weighted by atomic mass is 16.2. The Labute approximate surface area is 198 Å². The second-order valence-corrected chi connectivity index (χ2v) is 9.25. The molecule has 2 aliphatic heterocycles. The van der Waals surface area contributed by atoms with Gasteiger partial charge in [0.05, 0.1) is 29.0 Å². The molecule has 7 heteroatoms. The molecular formula is C27H26N6O. The highest BCUT2D eigenvalue weighted by molar-refractivity contribution is 5.99. The first kappa shape index (κ1) is 20.7. The maximum Gasteiger partial charge on any atom is 0.273 e. The number of fused-ring (bicyclic) bond motifs is 2. The Morgan fingerprint density at radius 3 is 2.65 bits per heavy atom. The summed E-state index contributed by atoms with van der Waals surface area (Å²) in [6.45, 7) is 6.30. The smallest absolute Gasteiger partial charge is 0.273 e. The van der Waals surface area contributed by atoms with E-state index < -0.39 is 0 Å². The van der Waals surface area contributed by atoms with Crippen LogP contribution in [0.25, 0.3) is 22.3 Å². The van der Waals surface area contributed by atoms with Crippen molar-refractivity contribution in [1.29, 1.82) is 0 Å². The van der Waals surface area contributed by atoms with Crippen LogP contribution in [0.3, 0.4) is 0 Å². The fourth-order valence-corrected chi connectivity index (χ4v) is 5.16. The van der Waals surface area contributed by atoms with E-state index in [0.29, 0.717) is 18.2 Å². The van der Waals surface area contributed by atoms with Crippen molar-refractivity contribution in [2.24, 2.45) is 5.92 Å². The van der Waals surface area contributed by atoms with Gasteiger partial charge in [0.15, 0.2) is 0 Å². The van der Waals surface area contributed by atoms with Crippen molar-refractivity contribution in [1.82, 2.24) is 24.8 Å². The molecule has 0 N–H and O–H groups in total. The summed E-state index contributed by atoms with van der Waals surface area (Å²) in [4.78, 5) is 36.6. The quantitative estimate of drug-likeness (QED) is 0.469. The Morgan fingerprint density at radius 2 is 1.79 bits per heavy atom. The van der Waals surface area contributed by atoms with Crippen molar-refractivity contribution in [2.45, 2.75) is 26.3 Å². The summed E-state index contributed by atoms with van der Waals surface area (Å²) in [5, 5.41) is 0. The average Bonchev–Trinajstić information content (AvgIpc) is 2.85. The number of amides is 1. The molecule has 2 unspecified atom stereocenters. The van der Waals surface area contributed by atoms with Crippen molar-refractivity contribution in [3.05, 3.63) is 77.9 Å². The van der Waals surface area contributed by atoms with E-state index in [4.69, 9.17) is 4.98 Å². The molecule has 4 aromatic rings. The van der Waals surface area contributed by atoms with Crippen molar-refractivity contribution in [3.63, 3.8) is 0 Å². The molecule has 0 bridgehead atoms. The van der Waals surface area contributed by atoms with E-state index in [1.165, 1.54) is 0 Å². The number of pyridine rings is 2. The molecule has 170 valence electrons. The topological polar surface area (TPSA) is 75.1 Å². The number of benzene rings is 1. The molecule has 2 atom stereocenters. The molecule has 3 aromatic heterocycles. The molecule has 6 rings (SSSR count). The minimum absolute atomic E-state index is 0.0290. The Hall–Kier alpha value is -3.87. The molecule has 34 heavy (non-hydrogen) atoms. The predicted molar refractivity (Wildman–Crippen MR) is 132 cm³/mol. The van der Waals surface area contributed by atoms with Crippen LogP contribution in [0.15, 0.2) is 60.9 Å². The van der Waals surface area contributed by atoms with E-state index in [9.17, 15) is 4.79 Å². The zero-order chi connectivity index (χ0) is 23.2. The van der Waals surface area contributed by atoms with Gasteiger partial charge in [-0.1, -0.05) is 18.2 Å². The Morgan fingerprint density at radius 1 is 0.941 bits per heavy atom. The van der Waals surface area contributed by atoms with Gasteiger partial charge in [0.2, 0.25) is 0 Å². The van der Waals surface area contributed by atoms with E-state index >= 15 is 0 Å². The number of carbonyl (C=O) groups excluding carboxylic acids is 1. The number of nitrogens with zero attached hydrogens (tertiary/aromatic N) is 6. The van der Waals surface area contributed by atoms with Gasteiger partial charge < -0.3 is 9.80 Å². The first-order valence-corrected chi connectivity index (χ1v) is 11.8. The number of aromatic nitrogens is 4. The standard InChI is InChI=1S/C27H26N6O/c1-17-6-5-12-28-25(17)20-10-9-18(2)30-26(20)27(34)32-13-11-19-15-33(23(19)16-32)24-14-29-21-7-3-4-8-22(21)31-24/h3-10,12,14,19,23H,11,13,15-16H2,1-2H3.